The van der Waals surface area contributed by atoms with Gasteiger partial charge in [-0.05, 0) is 62.4 Å². The van der Waals surface area contributed by atoms with E-state index in [9.17, 15) is 19.1 Å². The summed E-state index contributed by atoms with van der Waals surface area (Å²) in [6, 6.07) is 11.9. The van der Waals surface area contributed by atoms with Gasteiger partial charge < -0.3 is 15.7 Å². The van der Waals surface area contributed by atoms with E-state index >= 15 is 0 Å². The van der Waals surface area contributed by atoms with Crippen molar-refractivity contribution in [2.24, 2.45) is 0 Å². The van der Waals surface area contributed by atoms with Crippen molar-refractivity contribution >= 4 is 11.8 Å². The molecule has 3 N–H and O–H groups in total. The van der Waals surface area contributed by atoms with Gasteiger partial charge in [-0.2, -0.15) is 5.10 Å². The molecule has 0 unspecified atom stereocenters. The van der Waals surface area contributed by atoms with Gasteiger partial charge in [-0.15, -0.1) is 0 Å². The summed E-state index contributed by atoms with van der Waals surface area (Å²) in [5.74, 6) is -0.695. The number of hydrogen-bond donors (Lipinski definition) is 3. The van der Waals surface area contributed by atoms with Crippen molar-refractivity contribution in [3.63, 3.8) is 0 Å². The fourth-order valence-corrected chi connectivity index (χ4v) is 3.08. The average molecular weight is 410 g/mol. The molecule has 0 fully saturated rings. The highest BCUT2D eigenvalue weighted by atomic mass is 19.1. The zero-order valence-electron chi connectivity index (χ0n) is 16.8. The summed E-state index contributed by atoms with van der Waals surface area (Å²) in [6.45, 7) is 4.25. The van der Waals surface area contributed by atoms with E-state index in [-0.39, 0.29) is 42.9 Å². The maximum atomic E-state index is 13.2. The highest BCUT2D eigenvalue weighted by molar-refractivity contribution is 5.94. The molecule has 0 aliphatic rings. The zero-order valence-corrected chi connectivity index (χ0v) is 16.8. The maximum absolute atomic E-state index is 13.2. The molecule has 2 amide bonds. The van der Waals surface area contributed by atoms with Crippen molar-refractivity contribution < 1.29 is 19.1 Å². The average Bonchev–Trinajstić information content (AvgIpc) is 3.00. The number of amides is 2. The molecule has 7 nitrogen and oxygen atoms in total. The standard InChI is InChI=1S/C22H23FN4O3/c1-14-20(15(2)27(26-14)18-7-5-17(23)6-8-18)13-21(29)24-11-12-25-22(30)16-3-9-19(28)10-4-16/h3-10,28H,11-13H2,1-2H3,(H,24,29)(H,25,30). The Hall–Kier alpha value is -3.68. The summed E-state index contributed by atoms with van der Waals surface area (Å²) >= 11 is 0. The van der Waals surface area contributed by atoms with Gasteiger partial charge in [0.05, 0.1) is 17.8 Å². The Labute approximate surface area is 173 Å². The lowest BCUT2D eigenvalue weighted by atomic mass is 10.1. The summed E-state index contributed by atoms with van der Waals surface area (Å²) < 4.78 is 14.8. The van der Waals surface area contributed by atoms with E-state index in [4.69, 9.17) is 0 Å². The molecule has 30 heavy (non-hydrogen) atoms. The number of nitrogens with one attached hydrogen (secondary N) is 2. The molecule has 0 saturated heterocycles. The quantitative estimate of drug-likeness (QED) is 0.521. The monoisotopic (exact) mass is 410 g/mol. The number of halogens is 1. The summed E-state index contributed by atoms with van der Waals surface area (Å²) in [5.41, 5.74) is 3.51. The number of rotatable bonds is 7. The van der Waals surface area contributed by atoms with E-state index in [2.05, 4.69) is 15.7 Å². The lowest BCUT2D eigenvalue weighted by Crippen LogP contribution is -2.35. The number of hydrogen-bond acceptors (Lipinski definition) is 4. The van der Waals surface area contributed by atoms with Gasteiger partial charge in [0.15, 0.2) is 0 Å². The van der Waals surface area contributed by atoms with E-state index < -0.39 is 0 Å². The number of phenolic OH excluding ortho intramolecular Hbond substituents is 1. The minimum absolute atomic E-state index is 0.0900. The van der Waals surface area contributed by atoms with Crippen LogP contribution in [0.4, 0.5) is 4.39 Å². The van der Waals surface area contributed by atoms with Gasteiger partial charge in [0.2, 0.25) is 5.91 Å². The lowest BCUT2D eigenvalue weighted by molar-refractivity contribution is -0.120. The molecule has 1 heterocycles. The molecule has 1 aromatic heterocycles. The van der Waals surface area contributed by atoms with Gasteiger partial charge >= 0.3 is 0 Å². The Balaban J connectivity index is 1.52. The van der Waals surface area contributed by atoms with Gasteiger partial charge in [-0.1, -0.05) is 0 Å². The summed E-state index contributed by atoms with van der Waals surface area (Å²) in [7, 11) is 0. The van der Waals surface area contributed by atoms with Crippen molar-refractivity contribution in [1.82, 2.24) is 20.4 Å². The van der Waals surface area contributed by atoms with Gasteiger partial charge in [0.1, 0.15) is 11.6 Å². The molecule has 2 aromatic carbocycles. The van der Waals surface area contributed by atoms with Crippen molar-refractivity contribution in [2.45, 2.75) is 20.3 Å². The van der Waals surface area contributed by atoms with Crippen molar-refractivity contribution in [3.8, 4) is 11.4 Å². The van der Waals surface area contributed by atoms with Crippen LogP contribution in [0.2, 0.25) is 0 Å². The topological polar surface area (TPSA) is 96.3 Å². The number of carbonyl (C=O) groups is 2. The highest BCUT2D eigenvalue weighted by Gasteiger charge is 2.16. The molecule has 0 radical (unpaired) electrons. The molecular weight excluding hydrogens is 387 g/mol. The Kier molecular flexibility index (Phi) is 6.46. The Bertz CT molecular complexity index is 1040. The summed E-state index contributed by atoms with van der Waals surface area (Å²) in [4.78, 5) is 24.3. The van der Waals surface area contributed by atoms with Crippen molar-refractivity contribution in [2.75, 3.05) is 13.1 Å². The molecule has 0 aliphatic heterocycles. The first kappa shape index (κ1) is 21.0. The number of phenols is 1. The number of aromatic nitrogens is 2. The second kappa shape index (κ2) is 9.21. The molecule has 3 rings (SSSR count). The molecule has 0 saturated carbocycles. The van der Waals surface area contributed by atoms with Crippen LogP contribution in [-0.4, -0.2) is 39.8 Å². The summed E-state index contributed by atoms with van der Waals surface area (Å²) in [5, 5.41) is 19.2. The van der Waals surface area contributed by atoms with Crippen LogP contribution < -0.4 is 10.6 Å². The van der Waals surface area contributed by atoms with Crippen LogP contribution in [-0.2, 0) is 11.2 Å². The van der Waals surface area contributed by atoms with Crippen LogP contribution in [0.3, 0.4) is 0 Å². The van der Waals surface area contributed by atoms with Crippen molar-refractivity contribution in [3.05, 3.63) is 76.9 Å². The van der Waals surface area contributed by atoms with Crippen LogP contribution in [0.1, 0.15) is 27.3 Å². The predicted molar refractivity (Wildman–Crippen MR) is 110 cm³/mol. The molecular formula is C22H23FN4O3. The number of benzene rings is 2. The Morgan fingerprint density at radius 3 is 2.30 bits per heavy atom. The zero-order chi connectivity index (χ0) is 21.7. The normalized spacial score (nSPS) is 10.6. The van der Waals surface area contributed by atoms with E-state index in [0.29, 0.717) is 5.56 Å². The molecule has 0 bridgehead atoms. The Morgan fingerprint density at radius 2 is 1.63 bits per heavy atom. The van der Waals surface area contributed by atoms with E-state index in [0.717, 1.165) is 22.6 Å². The molecule has 0 aliphatic carbocycles. The minimum Gasteiger partial charge on any atom is -0.508 e. The smallest absolute Gasteiger partial charge is 0.251 e. The largest absolute Gasteiger partial charge is 0.508 e. The second-order valence-corrected chi connectivity index (χ2v) is 6.87. The maximum Gasteiger partial charge on any atom is 0.251 e. The van der Waals surface area contributed by atoms with Gasteiger partial charge in [-0.25, -0.2) is 9.07 Å². The van der Waals surface area contributed by atoms with Crippen LogP contribution in [0.15, 0.2) is 48.5 Å². The van der Waals surface area contributed by atoms with Gasteiger partial charge in [-0.3, -0.25) is 9.59 Å². The van der Waals surface area contributed by atoms with Crippen LogP contribution >= 0.6 is 0 Å². The number of aryl methyl sites for hydroxylation is 1. The SMILES string of the molecule is Cc1nn(-c2ccc(F)cc2)c(C)c1CC(=O)NCCNC(=O)c1ccc(O)cc1. The van der Waals surface area contributed by atoms with Crippen LogP contribution in [0.5, 0.6) is 5.75 Å². The number of nitrogens with zero attached hydrogens (tertiary/aromatic N) is 2. The second-order valence-electron chi connectivity index (χ2n) is 6.87. The van der Waals surface area contributed by atoms with E-state index in [1.54, 1.807) is 16.8 Å². The first-order valence-electron chi connectivity index (χ1n) is 9.50. The fourth-order valence-electron chi connectivity index (χ4n) is 3.08. The molecule has 0 atom stereocenters. The van der Waals surface area contributed by atoms with E-state index in [1.807, 2.05) is 13.8 Å². The van der Waals surface area contributed by atoms with Crippen LogP contribution in [0, 0.1) is 19.7 Å². The molecule has 8 heteroatoms. The highest BCUT2D eigenvalue weighted by Crippen LogP contribution is 2.18. The molecule has 156 valence electrons. The van der Waals surface area contributed by atoms with Crippen LogP contribution in [0.25, 0.3) is 5.69 Å². The third-order valence-corrected chi connectivity index (χ3v) is 4.71. The van der Waals surface area contributed by atoms with Gasteiger partial charge in [0, 0.05) is 29.9 Å². The summed E-state index contributed by atoms with van der Waals surface area (Å²) in [6.07, 6.45) is 0.158. The third-order valence-electron chi connectivity index (χ3n) is 4.71. The first-order chi connectivity index (χ1) is 14.3. The predicted octanol–water partition coefficient (Wildman–Crippen LogP) is 2.42. The first-order valence-corrected chi connectivity index (χ1v) is 9.50. The van der Waals surface area contributed by atoms with Gasteiger partial charge in [0.25, 0.3) is 5.91 Å². The van der Waals surface area contributed by atoms with E-state index in [1.165, 1.54) is 36.4 Å². The fraction of sp³-hybridized carbons (Fsp3) is 0.227. The molecule has 3 aromatic rings. The van der Waals surface area contributed by atoms with Crippen molar-refractivity contribution in [1.29, 1.82) is 0 Å². The Morgan fingerprint density at radius 1 is 1.00 bits per heavy atom. The number of carbonyl (C=O) groups excluding carboxylic acids is 2. The molecule has 0 spiro atoms. The lowest BCUT2D eigenvalue weighted by Gasteiger charge is -2.08. The minimum atomic E-state index is -0.322. The third kappa shape index (κ3) is 5.02. The number of aromatic hydroxyl groups is 1.